The summed E-state index contributed by atoms with van der Waals surface area (Å²) in [4.78, 5) is 0. The topological polar surface area (TPSA) is 26.2 Å². The van der Waals surface area contributed by atoms with Crippen molar-refractivity contribution in [3.63, 3.8) is 0 Å². The van der Waals surface area contributed by atoms with E-state index in [0.29, 0.717) is 0 Å². The Hall–Kier alpha value is -1.48. The Bertz CT molecular complexity index is 543. The minimum absolute atomic E-state index is 0.960. The van der Waals surface area contributed by atoms with Crippen LogP contribution >= 0.6 is 0 Å². The minimum Gasteiger partial charge on any atom is -0.495 e. The lowest BCUT2D eigenvalue weighted by Gasteiger charge is -2.06. The van der Waals surface area contributed by atoms with Crippen molar-refractivity contribution in [2.24, 2.45) is 7.05 Å². The fraction of sp³-hybridized carbons (Fsp3) is 0.467. The summed E-state index contributed by atoms with van der Waals surface area (Å²) in [7, 11) is 3.82. The number of hydrogen-bond acceptors (Lipinski definition) is 2. The third-order valence-electron chi connectivity index (χ3n) is 3.31. The highest BCUT2D eigenvalue weighted by molar-refractivity contribution is 5.90. The van der Waals surface area contributed by atoms with Crippen molar-refractivity contribution in [1.82, 2.24) is 9.88 Å². The monoisotopic (exact) mass is 246 g/mol. The molecule has 0 spiro atoms. The predicted molar refractivity (Wildman–Crippen MR) is 76.5 cm³/mol. The van der Waals surface area contributed by atoms with E-state index in [1.54, 1.807) is 7.11 Å². The quantitative estimate of drug-likeness (QED) is 0.821. The molecule has 2 aromatic rings. The molecule has 0 aliphatic carbocycles. The van der Waals surface area contributed by atoms with Gasteiger partial charge in [-0.2, -0.15) is 0 Å². The van der Waals surface area contributed by atoms with E-state index in [1.807, 2.05) is 0 Å². The van der Waals surface area contributed by atoms with Crippen molar-refractivity contribution < 1.29 is 4.74 Å². The third-order valence-corrected chi connectivity index (χ3v) is 3.31. The summed E-state index contributed by atoms with van der Waals surface area (Å²) in [6, 6.07) is 4.34. The molecule has 0 saturated carbocycles. The molecule has 1 aromatic heterocycles. The van der Waals surface area contributed by atoms with Gasteiger partial charge in [-0.05, 0) is 49.7 Å². The molecule has 1 aromatic carbocycles. The molecule has 0 fully saturated rings. The molecule has 1 heterocycles. The van der Waals surface area contributed by atoms with Crippen LogP contribution in [0.4, 0.5) is 0 Å². The highest BCUT2D eigenvalue weighted by atomic mass is 16.5. The number of hydrogen-bond donors (Lipinski definition) is 1. The Labute approximate surface area is 109 Å². The molecule has 0 amide bonds. The van der Waals surface area contributed by atoms with Crippen LogP contribution in [0, 0.1) is 6.92 Å². The zero-order chi connectivity index (χ0) is 13.1. The maximum atomic E-state index is 5.49. The fourth-order valence-corrected chi connectivity index (χ4v) is 2.48. The Morgan fingerprint density at radius 1 is 1.33 bits per heavy atom. The number of nitrogens with zero attached hydrogens (tertiary/aromatic N) is 1. The number of methoxy groups -OCH3 is 1. The standard InChI is InChI=1S/C15H22N2O/c1-5-16-7-6-12-10-17(3)15-13(12)8-11(2)9-14(15)18-4/h8-10,16H,5-7H2,1-4H3. The molecule has 0 aliphatic rings. The Balaban J connectivity index is 2.46. The number of aryl methyl sites for hydroxylation is 2. The summed E-state index contributed by atoms with van der Waals surface area (Å²) in [6.07, 6.45) is 3.27. The molecule has 18 heavy (non-hydrogen) atoms. The molecule has 98 valence electrons. The first kappa shape index (κ1) is 13.0. The second kappa shape index (κ2) is 5.44. The third kappa shape index (κ3) is 2.36. The van der Waals surface area contributed by atoms with Crippen LogP contribution in [0.5, 0.6) is 5.75 Å². The van der Waals surface area contributed by atoms with E-state index in [1.165, 1.54) is 22.0 Å². The highest BCUT2D eigenvalue weighted by Gasteiger charge is 2.11. The van der Waals surface area contributed by atoms with E-state index in [-0.39, 0.29) is 0 Å². The lowest BCUT2D eigenvalue weighted by atomic mass is 10.1. The average Bonchev–Trinajstić information content (AvgIpc) is 2.66. The van der Waals surface area contributed by atoms with Gasteiger partial charge < -0.3 is 14.6 Å². The van der Waals surface area contributed by atoms with Gasteiger partial charge in [-0.25, -0.2) is 0 Å². The molecule has 0 atom stereocenters. The molecule has 0 bridgehead atoms. The highest BCUT2D eigenvalue weighted by Crippen LogP contribution is 2.30. The maximum Gasteiger partial charge on any atom is 0.143 e. The molecule has 0 radical (unpaired) electrons. The van der Waals surface area contributed by atoms with Crippen LogP contribution in [0.15, 0.2) is 18.3 Å². The molecule has 3 nitrogen and oxygen atoms in total. The summed E-state index contributed by atoms with van der Waals surface area (Å²) >= 11 is 0. The molecule has 0 saturated heterocycles. The van der Waals surface area contributed by atoms with E-state index >= 15 is 0 Å². The number of aromatic nitrogens is 1. The molecule has 0 unspecified atom stereocenters. The van der Waals surface area contributed by atoms with Gasteiger partial charge in [0, 0.05) is 18.6 Å². The normalized spacial score (nSPS) is 11.1. The molecule has 3 heteroatoms. The molecule has 2 rings (SSSR count). The lowest BCUT2D eigenvalue weighted by molar-refractivity contribution is 0.417. The van der Waals surface area contributed by atoms with Crippen LogP contribution < -0.4 is 10.1 Å². The zero-order valence-corrected chi connectivity index (χ0v) is 11.7. The van der Waals surface area contributed by atoms with Gasteiger partial charge in [-0.1, -0.05) is 6.92 Å². The summed E-state index contributed by atoms with van der Waals surface area (Å²) in [5.41, 5.74) is 3.82. The summed E-state index contributed by atoms with van der Waals surface area (Å²) in [6.45, 7) is 6.29. The van der Waals surface area contributed by atoms with Crippen LogP contribution in [0.25, 0.3) is 10.9 Å². The van der Waals surface area contributed by atoms with Crippen molar-refractivity contribution in [2.45, 2.75) is 20.3 Å². The number of rotatable bonds is 5. The largest absolute Gasteiger partial charge is 0.495 e. The van der Waals surface area contributed by atoms with E-state index < -0.39 is 0 Å². The average molecular weight is 246 g/mol. The van der Waals surface area contributed by atoms with E-state index in [4.69, 9.17) is 4.74 Å². The molecule has 0 aliphatic heterocycles. The Morgan fingerprint density at radius 2 is 2.11 bits per heavy atom. The van der Waals surface area contributed by atoms with Gasteiger partial charge in [-0.15, -0.1) is 0 Å². The van der Waals surface area contributed by atoms with Gasteiger partial charge in [-0.3, -0.25) is 0 Å². The number of benzene rings is 1. The zero-order valence-electron chi connectivity index (χ0n) is 11.7. The van der Waals surface area contributed by atoms with E-state index in [0.717, 1.165) is 25.3 Å². The van der Waals surface area contributed by atoms with Crippen LogP contribution in [0.3, 0.4) is 0 Å². The van der Waals surface area contributed by atoms with Gasteiger partial charge in [0.2, 0.25) is 0 Å². The predicted octanol–water partition coefficient (Wildman–Crippen LogP) is 2.65. The number of fused-ring (bicyclic) bond motifs is 1. The van der Waals surface area contributed by atoms with Crippen molar-refractivity contribution in [3.05, 3.63) is 29.5 Å². The second-order valence-electron chi connectivity index (χ2n) is 4.73. The van der Waals surface area contributed by atoms with Crippen LogP contribution in [0.2, 0.25) is 0 Å². The van der Waals surface area contributed by atoms with Gasteiger partial charge in [0.05, 0.1) is 12.6 Å². The van der Waals surface area contributed by atoms with Gasteiger partial charge in [0.15, 0.2) is 0 Å². The maximum absolute atomic E-state index is 5.49. The van der Waals surface area contributed by atoms with Crippen molar-refractivity contribution >= 4 is 10.9 Å². The van der Waals surface area contributed by atoms with Crippen molar-refractivity contribution in [2.75, 3.05) is 20.2 Å². The first-order valence-electron chi connectivity index (χ1n) is 6.50. The number of nitrogens with one attached hydrogen (secondary N) is 1. The summed E-state index contributed by atoms with van der Waals surface area (Å²) < 4.78 is 7.65. The first-order chi connectivity index (χ1) is 8.67. The van der Waals surface area contributed by atoms with Crippen LogP contribution in [-0.2, 0) is 13.5 Å². The van der Waals surface area contributed by atoms with Gasteiger partial charge in [0.1, 0.15) is 5.75 Å². The molecular weight excluding hydrogens is 224 g/mol. The lowest BCUT2D eigenvalue weighted by Crippen LogP contribution is -2.15. The summed E-state index contributed by atoms with van der Waals surface area (Å²) in [5.74, 6) is 0.960. The molecule has 1 N–H and O–H groups in total. The van der Waals surface area contributed by atoms with Crippen molar-refractivity contribution in [3.8, 4) is 5.75 Å². The summed E-state index contributed by atoms with van der Waals surface area (Å²) in [5, 5.41) is 4.69. The molecular formula is C15H22N2O. The fourth-order valence-electron chi connectivity index (χ4n) is 2.48. The number of ether oxygens (including phenoxy) is 1. The van der Waals surface area contributed by atoms with E-state index in [2.05, 4.69) is 49.1 Å². The van der Waals surface area contributed by atoms with E-state index in [9.17, 15) is 0 Å². The van der Waals surface area contributed by atoms with Gasteiger partial charge >= 0.3 is 0 Å². The van der Waals surface area contributed by atoms with Gasteiger partial charge in [0.25, 0.3) is 0 Å². The van der Waals surface area contributed by atoms with Crippen LogP contribution in [-0.4, -0.2) is 24.8 Å². The Morgan fingerprint density at radius 3 is 2.78 bits per heavy atom. The SMILES string of the molecule is CCNCCc1cn(C)c2c(OC)cc(C)cc12. The van der Waals surface area contributed by atoms with Crippen LogP contribution in [0.1, 0.15) is 18.1 Å². The minimum atomic E-state index is 0.960. The Kier molecular flexibility index (Phi) is 3.92. The number of likely N-dealkylation sites (N-methyl/N-ethyl adjacent to an activating group) is 1. The second-order valence-corrected chi connectivity index (χ2v) is 4.73. The van der Waals surface area contributed by atoms with Crippen molar-refractivity contribution in [1.29, 1.82) is 0 Å². The first-order valence-corrected chi connectivity index (χ1v) is 6.50. The smallest absolute Gasteiger partial charge is 0.143 e.